The molecule has 1 atom stereocenters. The highest BCUT2D eigenvalue weighted by molar-refractivity contribution is 7.09. The van der Waals surface area contributed by atoms with E-state index in [0.717, 1.165) is 18.6 Å². The number of thiazole rings is 1. The first-order chi connectivity index (χ1) is 8.88. The molecule has 1 unspecified atom stereocenters. The van der Waals surface area contributed by atoms with Crippen LogP contribution >= 0.6 is 11.3 Å². The van der Waals surface area contributed by atoms with Crippen molar-refractivity contribution in [1.82, 2.24) is 10.4 Å². The lowest BCUT2D eigenvalue weighted by molar-refractivity contribution is 0.285. The lowest BCUT2D eigenvalue weighted by Crippen LogP contribution is -2.37. The molecule has 1 aromatic carbocycles. The molecule has 0 saturated carbocycles. The van der Waals surface area contributed by atoms with E-state index in [4.69, 9.17) is 10.6 Å². The standard InChI is InChI=1S/C13H17N3OS/c14-16-11(8-13-9-15-10-18-13)6-7-17-12-4-2-1-3-5-12/h1-5,9-11,16H,6-8,14H2. The summed E-state index contributed by atoms with van der Waals surface area (Å²) in [5.74, 6) is 6.44. The summed E-state index contributed by atoms with van der Waals surface area (Å²) in [6, 6.07) is 10.0. The van der Waals surface area contributed by atoms with Crippen LogP contribution in [-0.2, 0) is 6.42 Å². The molecule has 2 aromatic rings. The van der Waals surface area contributed by atoms with Gasteiger partial charge in [-0.25, -0.2) is 0 Å². The maximum Gasteiger partial charge on any atom is 0.119 e. The molecule has 0 radical (unpaired) electrons. The van der Waals surface area contributed by atoms with Gasteiger partial charge < -0.3 is 4.74 Å². The van der Waals surface area contributed by atoms with Crippen LogP contribution in [0, 0.1) is 0 Å². The Morgan fingerprint density at radius 3 is 2.83 bits per heavy atom. The fraction of sp³-hybridized carbons (Fsp3) is 0.308. The average Bonchev–Trinajstić information content (AvgIpc) is 2.92. The van der Waals surface area contributed by atoms with Crippen LogP contribution in [0.3, 0.4) is 0 Å². The summed E-state index contributed by atoms with van der Waals surface area (Å²) in [6.07, 6.45) is 3.63. The third kappa shape index (κ3) is 4.10. The second kappa shape index (κ2) is 7.10. The number of para-hydroxylation sites is 1. The molecule has 2 rings (SSSR count). The maximum atomic E-state index is 5.65. The van der Waals surface area contributed by atoms with Gasteiger partial charge in [0, 0.05) is 23.5 Å². The summed E-state index contributed by atoms with van der Waals surface area (Å²) in [6.45, 7) is 0.650. The Kier molecular flexibility index (Phi) is 5.14. The van der Waals surface area contributed by atoms with Gasteiger partial charge in [0.2, 0.25) is 0 Å². The second-order valence-corrected chi connectivity index (χ2v) is 4.96. The number of hydrazine groups is 1. The predicted octanol–water partition coefficient (Wildman–Crippen LogP) is 1.99. The SMILES string of the molecule is NNC(CCOc1ccccc1)Cc1cncs1. The van der Waals surface area contributed by atoms with Crippen molar-refractivity contribution in [3.05, 3.63) is 46.9 Å². The lowest BCUT2D eigenvalue weighted by Gasteiger charge is -2.15. The Labute approximate surface area is 111 Å². The molecule has 0 aliphatic rings. The quantitative estimate of drug-likeness (QED) is 0.592. The van der Waals surface area contributed by atoms with Crippen LogP contribution in [-0.4, -0.2) is 17.6 Å². The highest BCUT2D eigenvalue weighted by Gasteiger charge is 2.09. The van der Waals surface area contributed by atoms with E-state index in [1.165, 1.54) is 4.88 Å². The van der Waals surface area contributed by atoms with E-state index >= 15 is 0 Å². The fourth-order valence-electron chi connectivity index (χ4n) is 1.67. The number of nitrogens with two attached hydrogens (primary N) is 1. The predicted molar refractivity (Wildman–Crippen MR) is 73.5 cm³/mol. The molecule has 96 valence electrons. The molecule has 0 fully saturated rings. The van der Waals surface area contributed by atoms with Gasteiger partial charge in [-0.3, -0.25) is 16.3 Å². The molecule has 0 saturated heterocycles. The molecule has 0 bridgehead atoms. The highest BCUT2D eigenvalue weighted by atomic mass is 32.1. The van der Waals surface area contributed by atoms with Crippen molar-refractivity contribution < 1.29 is 4.74 Å². The lowest BCUT2D eigenvalue weighted by atomic mass is 10.1. The number of nitrogens with one attached hydrogen (secondary N) is 1. The van der Waals surface area contributed by atoms with E-state index in [1.54, 1.807) is 11.3 Å². The first-order valence-corrected chi connectivity index (χ1v) is 6.78. The van der Waals surface area contributed by atoms with E-state index < -0.39 is 0 Å². The number of aromatic nitrogens is 1. The van der Waals surface area contributed by atoms with Crippen molar-refractivity contribution in [3.63, 3.8) is 0 Å². The largest absolute Gasteiger partial charge is 0.494 e. The number of hydrogen-bond donors (Lipinski definition) is 2. The Morgan fingerprint density at radius 2 is 2.17 bits per heavy atom. The Morgan fingerprint density at radius 1 is 1.33 bits per heavy atom. The van der Waals surface area contributed by atoms with Gasteiger partial charge in [-0.2, -0.15) is 0 Å². The van der Waals surface area contributed by atoms with Gasteiger partial charge in [-0.15, -0.1) is 11.3 Å². The maximum absolute atomic E-state index is 5.65. The number of benzene rings is 1. The topological polar surface area (TPSA) is 60.2 Å². The van der Waals surface area contributed by atoms with E-state index in [2.05, 4.69) is 10.4 Å². The Bertz CT molecular complexity index is 433. The van der Waals surface area contributed by atoms with E-state index in [9.17, 15) is 0 Å². The summed E-state index contributed by atoms with van der Waals surface area (Å²) in [5, 5.41) is 0. The molecule has 4 nitrogen and oxygen atoms in total. The summed E-state index contributed by atoms with van der Waals surface area (Å²) in [7, 11) is 0. The Balaban J connectivity index is 1.74. The smallest absolute Gasteiger partial charge is 0.119 e. The van der Waals surface area contributed by atoms with Crippen molar-refractivity contribution in [2.75, 3.05) is 6.61 Å². The molecule has 3 N–H and O–H groups in total. The van der Waals surface area contributed by atoms with Gasteiger partial charge >= 0.3 is 0 Å². The van der Waals surface area contributed by atoms with Crippen molar-refractivity contribution in [2.45, 2.75) is 18.9 Å². The normalized spacial score (nSPS) is 12.3. The van der Waals surface area contributed by atoms with Gasteiger partial charge in [0.05, 0.1) is 12.1 Å². The van der Waals surface area contributed by atoms with Crippen LogP contribution in [0.1, 0.15) is 11.3 Å². The van der Waals surface area contributed by atoms with E-state index in [1.807, 2.05) is 42.0 Å². The van der Waals surface area contributed by atoms with Crippen LogP contribution in [0.2, 0.25) is 0 Å². The summed E-state index contributed by atoms with van der Waals surface area (Å²) >= 11 is 1.65. The fourth-order valence-corrected chi connectivity index (χ4v) is 2.34. The van der Waals surface area contributed by atoms with E-state index in [-0.39, 0.29) is 6.04 Å². The van der Waals surface area contributed by atoms with Gasteiger partial charge in [0.1, 0.15) is 5.75 Å². The minimum absolute atomic E-state index is 0.217. The van der Waals surface area contributed by atoms with Crippen LogP contribution in [0.25, 0.3) is 0 Å². The van der Waals surface area contributed by atoms with Crippen LogP contribution < -0.4 is 16.0 Å². The van der Waals surface area contributed by atoms with Gasteiger partial charge in [0.25, 0.3) is 0 Å². The number of rotatable bonds is 7. The Hall–Kier alpha value is -1.43. The highest BCUT2D eigenvalue weighted by Crippen LogP contribution is 2.12. The molecule has 0 aliphatic carbocycles. The molecule has 1 heterocycles. The zero-order valence-corrected chi connectivity index (χ0v) is 10.9. The minimum Gasteiger partial charge on any atom is -0.494 e. The number of hydrogen-bond acceptors (Lipinski definition) is 5. The molecule has 1 aromatic heterocycles. The van der Waals surface area contributed by atoms with Crippen LogP contribution in [0.4, 0.5) is 0 Å². The summed E-state index contributed by atoms with van der Waals surface area (Å²) in [4.78, 5) is 5.29. The molecular formula is C13H17N3OS. The second-order valence-electron chi connectivity index (χ2n) is 3.99. The third-order valence-electron chi connectivity index (χ3n) is 2.64. The van der Waals surface area contributed by atoms with Gasteiger partial charge in [-0.1, -0.05) is 18.2 Å². The molecule has 0 aliphatic heterocycles. The molecule has 0 spiro atoms. The number of ether oxygens (including phenoxy) is 1. The number of nitrogens with zero attached hydrogens (tertiary/aromatic N) is 1. The van der Waals surface area contributed by atoms with Crippen molar-refractivity contribution in [2.24, 2.45) is 5.84 Å². The molecule has 18 heavy (non-hydrogen) atoms. The van der Waals surface area contributed by atoms with Crippen LogP contribution in [0.5, 0.6) is 5.75 Å². The summed E-state index contributed by atoms with van der Waals surface area (Å²) in [5.41, 5.74) is 4.66. The first-order valence-electron chi connectivity index (χ1n) is 5.90. The zero-order valence-electron chi connectivity index (χ0n) is 10.1. The third-order valence-corrected chi connectivity index (χ3v) is 3.45. The molecular weight excluding hydrogens is 246 g/mol. The first kappa shape index (κ1) is 13.0. The van der Waals surface area contributed by atoms with Gasteiger partial charge in [-0.05, 0) is 18.6 Å². The average molecular weight is 263 g/mol. The van der Waals surface area contributed by atoms with Crippen molar-refractivity contribution in [3.8, 4) is 5.75 Å². The van der Waals surface area contributed by atoms with E-state index in [0.29, 0.717) is 6.61 Å². The van der Waals surface area contributed by atoms with Gasteiger partial charge in [0.15, 0.2) is 0 Å². The summed E-state index contributed by atoms with van der Waals surface area (Å²) < 4.78 is 5.65. The van der Waals surface area contributed by atoms with Crippen LogP contribution in [0.15, 0.2) is 42.0 Å². The molecule has 0 amide bonds. The minimum atomic E-state index is 0.217. The monoisotopic (exact) mass is 263 g/mol. The van der Waals surface area contributed by atoms with Crippen molar-refractivity contribution in [1.29, 1.82) is 0 Å². The molecule has 5 heteroatoms. The zero-order chi connectivity index (χ0) is 12.6. The van der Waals surface area contributed by atoms with Crippen molar-refractivity contribution >= 4 is 11.3 Å².